The van der Waals surface area contributed by atoms with Crippen molar-refractivity contribution < 1.29 is 14.3 Å². The number of hydrogen-bond donors (Lipinski definition) is 1. The molecule has 8 nitrogen and oxygen atoms in total. The Balaban J connectivity index is 1.40. The molecule has 1 aliphatic heterocycles. The number of hydrogen-bond acceptors (Lipinski definition) is 8. The second kappa shape index (κ2) is 10.6. The van der Waals surface area contributed by atoms with Gasteiger partial charge in [-0.15, -0.1) is 11.3 Å². The summed E-state index contributed by atoms with van der Waals surface area (Å²) in [5.74, 6) is 1.96. The van der Waals surface area contributed by atoms with Crippen LogP contribution in [0.5, 0.6) is 11.5 Å². The lowest BCUT2D eigenvalue weighted by Crippen LogP contribution is -2.41. The number of anilines is 2. The first-order valence-corrected chi connectivity index (χ1v) is 12.9. The van der Waals surface area contributed by atoms with E-state index in [0.29, 0.717) is 41.1 Å². The van der Waals surface area contributed by atoms with E-state index >= 15 is 0 Å². The van der Waals surface area contributed by atoms with Gasteiger partial charge in [0.25, 0.3) is 0 Å². The summed E-state index contributed by atoms with van der Waals surface area (Å²) in [5.41, 5.74) is 1.08. The molecule has 3 heterocycles. The fourth-order valence-corrected chi connectivity index (χ4v) is 4.74. The van der Waals surface area contributed by atoms with Gasteiger partial charge in [0.15, 0.2) is 16.7 Å². The molecule has 0 unspecified atom stereocenters. The Bertz CT molecular complexity index is 1230. The van der Waals surface area contributed by atoms with Crippen molar-refractivity contribution >= 4 is 44.3 Å². The number of amides is 1. The fraction of sp³-hybridized carbons (Fsp3) is 0.360. The molecule has 1 fully saturated rings. The van der Waals surface area contributed by atoms with Gasteiger partial charge >= 0.3 is 6.09 Å². The zero-order valence-corrected chi connectivity index (χ0v) is 22.1. The van der Waals surface area contributed by atoms with Crippen LogP contribution < -0.4 is 10.1 Å². The molecule has 1 saturated heterocycles. The van der Waals surface area contributed by atoms with Gasteiger partial charge in [-0.2, -0.15) is 5.26 Å². The van der Waals surface area contributed by atoms with Gasteiger partial charge in [-0.25, -0.2) is 14.8 Å². The van der Waals surface area contributed by atoms with E-state index in [2.05, 4.69) is 37.7 Å². The molecule has 1 aliphatic rings. The smallest absolute Gasteiger partial charge is 0.410 e. The first-order valence-electron chi connectivity index (χ1n) is 11.2. The van der Waals surface area contributed by atoms with Crippen molar-refractivity contribution in [3.05, 3.63) is 57.6 Å². The number of carbonyl (C=O) groups excluding carboxylic acids is 1. The van der Waals surface area contributed by atoms with E-state index < -0.39 is 5.60 Å². The number of rotatable bonds is 5. The first-order chi connectivity index (χ1) is 16.7. The zero-order valence-electron chi connectivity index (χ0n) is 19.7. The Kier molecular flexibility index (Phi) is 7.57. The number of benzene rings is 1. The lowest BCUT2D eigenvalue weighted by Gasteiger charge is -2.32. The van der Waals surface area contributed by atoms with Crippen LogP contribution in [0.4, 0.5) is 15.7 Å². The van der Waals surface area contributed by atoms with Gasteiger partial charge < -0.3 is 19.7 Å². The third-order valence-electron chi connectivity index (χ3n) is 5.34. The highest BCUT2D eigenvalue weighted by atomic mass is 79.9. The number of nitrogens with one attached hydrogen (secondary N) is 1. The average molecular weight is 556 g/mol. The number of thiazole rings is 1. The van der Waals surface area contributed by atoms with Crippen LogP contribution in [0.2, 0.25) is 0 Å². The molecule has 0 saturated carbocycles. The number of piperidine rings is 1. The molecule has 35 heavy (non-hydrogen) atoms. The maximum absolute atomic E-state index is 12.3. The largest absolute Gasteiger partial charge is 0.453 e. The summed E-state index contributed by atoms with van der Waals surface area (Å²) in [6, 6.07) is 10.8. The highest BCUT2D eigenvalue weighted by Gasteiger charge is 2.28. The van der Waals surface area contributed by atoms with Crippen LogP contribution in [0.25, 0.3) is 0 Å². The molecule has 10 heteroatoms. The van der Waals surface area contributed by atoms with Crippen LogP contribution in [-0.2, 0) is 4.74 Å². The first kappa shape index (κ1) is 24.9. The molecule has 1 aromatic carbocycles. The molecule has 0 aliphatic carbocycles. The van der Waals surface area contributed by atoms with E-state index in [-0.39, 0.29) is 12.0 Å². The molecule has 0 spiro atoms. The molecule has 2 aromatic heterocycles. The predicted octanol–water partition coefficient (Wildman–Crippen LogP) is 6.82. The summed E-state index contributed by atoms with van der Waals surface area (Å²) in [5, 5.41) is 15.0. The van der Waals surface area contributed by atoms with Gasteiger partial charge in [-0.05, 0) is 73.8 Å². The zero-order chi connectivity index (χ0) is 25.0. The average Bonchev–Trinajstić information content (AvgIpc) is 3.29. The second-order valence-corrected chi connectivity index (χ2v) is 11.0. The van der Waals surface area contributed by atoms with Crippen molar-refractivity contribution in [2.75, 3.05) is 18.4 Å². The molecule has 182 valence electrons. The SMILES string of the molecule is CC(C)(C)OC(=O)N1CCC(c2csc(Nc3ncc(Br)cc3Oc3ccc(C#N)cc3)n2)CC1. The molecule has 3 aromatic rings. The molecule has 1 amide bonds. The van der Waals surface area contributed by atoms with Gasteiger partial charge in [0.2, 0.25) is 0 Å². The Morgan fingerprint density at radius 2 is 1.97 bits per heavy atom. The van der Waals surface area contributed by atoms with Crippen LogP contribution in [0.1, 0.15) is 50.8 Å². The summed E-state index contributed by atoms with van der Waals surface area (Å²) >= 11 is 4.95. The van der Waals surface area contributed by atoms with Gasteiger partial charge in [-0.3, -0.25) is 0 Å². The van der Waals surface area contributed by atoms with Crippen LogP contribution in [0.3, 0.4) is 0 Å². The van der Waals surface area contributed by atoms with Crippen molar-refractivity contribution in [3.8, 4) is 17.6 Å². The quantitative estimate of drug-likeness (QED) is 0.368. The third-order valence-corrected chi connectivity index (χ3v) is 6.55. The van der Waals surface area contributed by atoms with E-state index in [4.69, 9.17) is 19.7 Å². The number of halogens is 1. The van der Waals surface area contributed by atoms with E-state index in [1.165, 1.54) is 11.3 Å². The van der Waals surface area contributed by atoms with Gasteiger partial charge in [0.1, 0.15) is 11.4 Å². The fourth-order valence-electron chi connectivity index (χ4n) is 3.63. The molecule has 4 rings (SSSR count). The maximum atomic E-state index is 12.3. The topological polar surface area (TPSA) is 100 Å². The maximum Gasteiger partial charge on any atom is 0.410 e. The number of nitrogens with zero attached hydrogens (tertiary/aromatic N) is 4. The van der Waals surface area contributed by atoms with E-state index in [1.54, 1.807) is 35.4 Å². The van der Waals surface area contributed by atoms with E-state index in [1.807, 2.05) is 26.8 Å². The normalized spacial score (nSPS) is 14.3. The molecule has 0 atom stereocenters. The summed E-state index contributed by atoms with van der Waals surface area (Å²) in [6.45, 7) is 6.93. The van der Waals surface area contributed by atoms with Gasteiger partial charge in [-0.1, -0.05) is 0 Å². The highest BCUT2D eigenvalue weighted by Crippen LogP contribution is 2.35. The number of ether oxygens (including phenoxy) is 2. The Morgan fingerprint density at radius 1 is 1.26 bits per heavy atom. The summed E-state index contributed by atoms with van der Waals surface area (Å²) < 4.78 is 12.3. The monoisotopic (exact) mass is 555 g/mol. The Hall–Kier alpha value is -3.16. The van der Waals surface area contributed by atoms with Crippen molar-refractivity contribution in [3.63, 3.8) is 0 Å². The lowest BCUT2D eigenvalue weighted by molar-refractivity contribution is 0.0204. The van der Waals surface area contributed by atoms with E-state index in [9.17, 15) is 4.79 Å². The number of aromatic nitrogens is 2. The Morgan fingerprint density at radius 3 is 2.63 bits per heavy atom. The second-order valence-electron chi connectivity index (χ2n) is 9.18. The van der Waals surface area contributed by atoms with Crippen molar-refractivity contribution in [2.45, 2.75) is 45.1 Å². The number of nitriles is 1. The van der Waals surface area contributed by atoms with Gasteiger partial charge in [0, 0.05) is 41.1 Å². The van der Waals surface area contributed by atoms with Crippen LogP contribution in [0.15, 0.2) is 46.4 Å². The van der Waals surface area contributed by atoms with Crippen molar-refractivity contribution in [2.24, 2.45) is 0 Å². The minimum Gasteiger partial charge on any atom is -0.453 e. The van der Waals surface area contributed by atoms with Crippen LogP contribution in [0, 0.1) is 11.3 Å². The highest BCUT2D eigenvalue weighted by molar-refractivity contribution is 9.10. The summed E-state index contributed by atoms with van der Waals surface area (Å²) in [6.07, 6.45) is 3.11. The third kappa shape index (κ3) is 6.71. The van der Waals surface area contributed by atoms with E-state index in [0.717, 1.165) is 23.0 Å². The summed E-state index contributed by atoms with van der Waals surface area (Å²) in [4.78, 5) is 23.3. The molecule has 1 N–H and O–H groups in total. The summed E-state index contributed by atoms with van der Waals surface area (Å²) in [7, 11) is 0. The molecule has 0 radical (unpaired) electrons. The molecular formula is C25H26BrN5O3S. The van der Waals surface area contributed by atoms with Crippen molar-refractivity contribution in [1.29, 1.82) is 5.26 Å². The van der Waals surface area contributed by atoms with Crippen molar-refractivity contribution in [1.82, 2.24) is 14.9 Å². The minimum atomic E-state index is -0.493. The Labute approximate surface area is 217 Å². The van der Waals surface area contributed by atoms with Crippen LogP contribution >= 0.6 is 27.3 Å². The lowest BCUT2D eigenvalue weighted by atomic mass is 9.94. The van der Waals surface area contributed by atoms with Crippen LogP contribution in [-0.4, -0.2) is 39.7 Å². The number of pyridine rings is 1. The van der Waals surface area contributed by atoms with Gasteiger partial charge in [0.05, 0.1) is 17.3 Å². The predicted molar refractivity (Wildman–Crippen MR) is 138 cm³/mol. The standard InChI is InChI=1S/C25H26BrN5O3S/c1-25(2,3)34-24(32)31-10-8-17(9-11-31)20-15-35-23(29-20)30-22-21(12-18(26)14-28-22)33-19-6-4-16(13-27)5-7-19/h4-7,12,14-15,17H,8-11H2,1-3H3,(H,28,29,30). The molecular weight excluding hydrogens is 530 g/mol. The molecule has 0 bridgehead atoms. The minimum absolute atomic E-state index is 0.257. The number of likely N-dealkylation sites (tertiary alicyclic amines) is 1. The number of carbonyl (C=O) groups is 1.